The largest absolute Gasteiger partial charge is 1.00 e. The molecule has 336 valence electrons. The topological polar surface area (TPSA) is 435 Å². The Kier molecular flexibility index (Phi) is 66.6. The van der Waals surface area contributed by atoms with Crippen LogP contribution in [0.15, 0.2) is 0 Å². The molecule has 0 spiro atoms. The van der Waals surface area contributed by atoms with Gasteiger partial charge in [-0.3, -0.25) is 0 Å². The first-order valence-electron chi connectivity index (χ1n) is 7.80. The van der Waals surface area contributed by atoms with Crippen LogP contribution in [0.3, 0.4) is 0 Å². The molecule has 0 atom stereocenters. The summed E-state index contributed by atoms with van der Waals surface area (Å²) in [5.74, 6) is 0. The van der Waals surface area contributed by atoms with Crippen molar-refractivity contribution in [3.05, 3.63) is 0 Å². The Balaban J connectivity index is -0.000000108. The summed E-state index contributed by atoms with van der Waals surface area (Å²) in [6.07, 6.45) is -21.5. The molecule has 0 radical (unpaired) electrons. The quantitative estimate of drug-likeness (QED) is 0.129. The van der Waals surface area contributed by atoms with E-state index in [2.05, 4.69) is 27.1 Å². The third kappa shape index (κ3) is 40.9. The summed E-state index contributed by atoms with van der Waals surface area (Å²) in [4.78, 5) is 133. The van der Waals surface area contributed by atoms with E-state index in [0.29, 0.717) is 0 Å². The number of phosphoric ester groups is 6. The normalized spacial score (nSPS) is 22.0. The molecule has 0 amide bonds. The van der Waals surface area contributed by atoms with Crippen molar-refractivity contribution in [2.24, 2.45) is 0 Å². The van der Waals surface area contributed by atoms with Crippen LogP contribution in [0.1, 0.15) is 0 Å². The summed E-state index contributed by atoms with van der Waals surface area (Å²) in [5.41, 5.74) is 0. The second-order valence-corrected chi connectivity index (χ2v) is 12.7. The van der Waals surface area contributed by atoms with Crippen LogP contribution in [0.5, 0.6) is 0 Å². The second kappa shape index (κ2) is 36.1. The van der Waals surface area contributed by atoms with Crippen LogP contribution < -0.4 is 58.7 Å². The second-order valence-electron chi connectivity index (χ2n) is 6.10. The van der Waals surface area contributed by atoms with Crippen LogP contribution in [0.25, 0.3) is 0 Å². The van der Waals surface area contributed by atoms with Gasteiger partial charge >= 0.3 is 269 Å². The molecule has 0 saturated heterocycles. The molecular formula is C6H6Ag12O24P6. The summed E-state index contributed by atoms with van der Waals surface area (Å²) < 4.78 is 88.3. The van der Waals surface area contributed by atoms with E-state index in [0.717, 1.165) is 0 Å². The summed E-state index contributed by atoms with van der Waals surface area (Å²) in [5, 5.41) is 0. The SMILES string of the molecule is O=P([O-])([O-])OC1C(OP(=O)([O-])[O-])C(OP(=O)([O-])[O-])C(OP(=O)([O-])[O-])C(OP(=O)([O-])[O-])C1OP(=O)([O-])[O-].[Ag+].[Ag+].[Ag+].[Ag+].[Ag+].[Ag+].[Ag+].[Ag+].[Ag+].[Ag+].[Ag+].[Ag+]. The van der Waals surface area contributed by atoms with E-state index in [-0.39, 0.29) is 269 Å². The molecule has 0 unspecified atom stereocenters. The number of phosphoric acid groups is 6. The van der Waals surface area contributed by atoms with Crippen molar-refractivity contribution >= 4 is 46.9 Å². The average molecular weight is 1940 g/mol. The maximum absolute atomic E-state index is 11.1. The molecule has 42 heteroatoms. The zero-order valence-electron chi connectivity index (χ0n) is 19.6. The van der Waals surface area contributed by atoms with Gasteiger partial charge in [0.05, 0.1) is 46.9 Å². The fourth-order valence-corrected chi connectivity index (χ4v) is 5.96. The maximum atomic E-state index is 11.1. The third-order valence-electron chi connectivity index (χ3n) is 3.45. The van der Waals surface area contributed by atoms with E-state index in [9.17, 15) is 86.1 Å². The van der Waals surface area contributed by atoms with Gasteiger partial charge in [0, 0.05) is 0 Å². The fourth-order valence-electron chi connectivity index (χ4n) is 2.74. The van der Waals surface area contributed by atoms with Gasteiger partial charge < -0.3 is 113 Å². The molecule has 0 aromatic carbocycles. The summed E-state index contributed by atoms with van der Waals surface area (Å²) in [6.45, 7) is 0. The Bertz CT molecular complexity index is 857. The summed E-state index contributed by atoms with van der Waals surface area (Å²) in [6, 6.07) is 0. The van der Waals surface area contributed by atoms with Gasteiger partial charge in [0.15, 0.2) is 0 Å². The van der Waals surface area contributed by atoms with E-state index < -0.39 is 83.6 Å². The molecule has 1 fully saturated rings. The van der Waals surface area contributed by atoms with E-state index in [1.54, 1.807) is 0 Å². The molecular weight excluding hydrogens is 1940 g/mol. The van der Waals surface area contributed by atoms with Crippen molar-refractivity contribution < 1.29 is 382 Å². The first kappa shape index (κ1) is 88.7. The van der Waals surface area contributed by atoms with Crippen molar-refractivity contribution in [1.82, 2.24) is 0 Å². The fraction of sp³-hybridized carbons (Fsp3) is 1.00. The van der Waals surface area contributed by atoms with Gasteiger partial charge in [-0.25, -0.2) is 0 Å². The monoisotopic (exact) mass is 1930 g/mol. The Hall–Kier alpha value is 9.54. The Labute approximate surface area is 457 Å². The minimum atomic E-state index is -6.68. The smallest absolute Gasteiger partial charge is 0.790 e. The van der Waals surface area contributed by atoms with Crippen molar-refractivity contribution in [1.29, 1.82) is 0 Å². The van der Waals surface area contributed by atoms with E-state index in [1.807, 2.05) is 0 Å². The van der Waals surface area contributed by atoms with Gasteiger partial charge in [-0.1, -0.05) is 0 Å². The van der Waals surface area contributed by atoms with Crippen molar-refractivity contribution in [2.45, 2.75) is 36.6 Å². The van der Waals surface area contributed by atoms with Crippen LogP contribution in [0, 0.1) is 0 Å². The van der Waals surface area contributed by atoms with Crippen LogP contribution >= 0.6 is 46.9 Å². The molecule has 1 aliphatic rings. The minimum Gasteiger partial charge on any atom is -0.790 e. The molecule has 1 aliphatic carbocycles. The zero-order chi connectivity index (χ0) is 28.7. The van der Waals surface area contributed by atoms with Gasteiger partial charge in [-0.05, 0) is 0 Å². The number of rotatable bonds is 12. The van der Waals surface area contributed by atoms with Crippen molar-refractivity contribution in [2.75, 3.05) is 0 Å². The Morgan fingerprint density at radius 1 is 0.229 bits per heavy atom. The average Bonchev–Trinajstić information content (AvgIpc) is 2.51. The molecule has 48 heavy (non-hydrogen) atoms. The van der Waals surface area contributed by atoms with Gasteiger partial charge in [0.2, 0.25) is 0 Å². The van der Waals surface area contributed by atoms with Crippen LogP contribution in [0.4, 0.5) is 0 Å². The van der Waals surface area contributed by atoms with Gasteiger partial charge in [0.25, 0.3) is 0 Å². The summed E-state index contributed by atoms with van der Waals surface area (Å²) >= 11 is 0. The molecule has 0 bridgehead atoms. The van der Waals surface area contributed by atoms with E-state index >= 15 is 0 Å². The predicted octanol–water partition coefficient (Wildman–Crippen LogP) is -10.7. The van der Waals surface area contributed by atoms with Gasteiger partial charge in [-0.2, -0.15) is 0 Å². The molecule has 0 heterocycles. The third-order valence-corrected chi connectivity index (χ3v) is 6.46. The molecule has 0 aromatic rings. The first-order valence-corrected chi connectivity index (χ1v) is 16.6. The Morgan fingerprint density at radius 2 is 0.292 bits per heavy atom. The molecule has 1 saturated carbocycles. The van der Waals surface area contributed by atoms with Crippen molar-refractivity contribution in [3.63, 3.8) is 0 Å². The number of hydrogen-bond donors (Lipinski definition) is 0. The van der Waals surface area contributed by atoms with E-state index in [1.165, 1.54) is 0 Å². The summed E-state index contributed by atoms with van der Waals surface area (Å²) in [7, 11) is -40.1. The predicted molar refractivity (Wildman–Crippen MR) is 74.9 cm³/mol. The minimum absolute atomic E-state index is 0. The van der Waals surface area contributed by atoms with Crippen molar-refractivity contribution in [3.8, 4) is 0 Å². The van der Waals surface area contributed by atoms with Gasteiger partial charge in [0.1, 0.15) is 36.6 Å². The maximum Gasteiger partial charge on any atom is 1.00 e. The molecule has 24 nitrogen and oxygen atoms in total. The first-order chi connectivity index (χ1) is 15.6. The molecule has 1 rings (SSSR count). The Morgan fingerprint density at radius 3 is 0.333 bits per heavy atom. The van der Waals surface area contributed by atoms with E-state index in [4.69, 9.17) is 0 Å². The zero-order valence-corrected chi connectivity index (χ0v) is 42.7. The molecule has 0 aromatic heterocycles. The van der Waals surface area contributed by atoms with Gasteiger partial charge in [-0.15, -0.1) is 0 Å². The van der Waals surface area contributed by atoms with Crippen LogP contribution in [-0.2, 0) is 323 Å². The van der Waals surface area contributed by atoms with Crippen LogP contribution in [-0.4, -0.2) is 36.6 Å². The van der Waals surface area contributed by atoms with Crippen LogP contribution in [0.2, 0.25) is 0 Å². The molecule has 0 aliphatic heterocycles. The standard InChI is InChI=1S/C6H18O24P6.12Ag/c7-31(8,9)25-1-2(26-32(10,11)12)4(28-34(16,17)18)6(30-36(22,23)24)5(29-35(19,20)21)3(1)27-33(13,14)15;;;;;;;;;;;;/h1-6H,(H2,7,8,9)(H2,10,11,12)(H2,13,14,15)(H2,16,17,18)(H2,19,20,21)(H2,22,23,24);;;;;;;;;;;;/q;12*+1/p-12. The molecule has 0 N–H and O–H groups in total. The number of hydrogen-bond acceptors (Lipinski definition) is 24.